The lowest BCUT2D eigenvalue weighted by Crippen LogP contribution is -2.45. The van der Waals surface area contributed by atoms with E-state index in [9.17, 15) is 0 Å². The molecule has 20 heavy (non-hydrogen) atoms. The Labute approximate surface area is 121 Å². The van der Waals surface area contributed by atoms with Crippen molar-refractivity contribution in [3.8, 4) is 18.1 Å². The summed E-state index contributed by atoms with van der Waals surface area (Å²) in [4.78, 5) is 2.35. The van der Waals surface area contributed by atoms with E-state index in [0.717, 1.165) is 38.3 Å². The van der Waals surface area contributed by atoms with Crippen molar-refractivity contribution in [2.45, 2.75) is 31.4 Å². The van der Waals surface area contributed by atoms with Crippen molar-refractivity contribution >= 4 is 0 Å². The third-order valence-corrected chi connectivity index (χ3v) is 4.25. The lowest BCUT2D eigenvalue weighted by Gasteiger charge is -2.31. The van der Waals surface area contributed by atoms with Crippen molar-refractivity contribution in [2.75, 3.05) is 26.2 Å². The minimum absolute atomic E-state index is 0.288. The molecule has 3 rings (SSSR count). The van der Waals surface area contributed by atoms with Crippen LogP contribution < -0.4 is 10.1 Å². The monoisotopic (exact) mass is 270 g/mol. The van der Waals surface area contributed by atoms with E-state index in [1.807, 2.05) is 6.07 Å². The summed E-state index contributed by atoms with van der Waals surface area (Å²) in [5, 5.41) is 3.66. The van der Waals surface area contributed by atoms with Gasteiger partial charge in [-0.3, -0.25) is 4.90 Å². The molecule has 1 aromatic carbocycles. The molecule has 2 heterocycles. The van der Waals surface area contributed by atoms with Gasteiger partial charge in [-0.15, -0.1) is 6.42 Å². The number of hydrogen-bond acceptors (Lipinski definition) is 3. The van der Waals surface area contributed by atoms with Crippen molar-refractivity contribution in [1.82, 2.24) is 10.2 Å². The summed E-state index contributed by atoms with van der Waals surface area (Å²) in [5.41, 5.74) is 1.34. The topological polar surface area (TPSA) is 24.5 Å². The molecule has 3 nitrogen and oxygen atoms in total. The Morgan fingerprint density at radius 1 is 1.30 bits per heavy atom. The van der Waals surface area contributed by atoms with Gasteiger partial charge in [-0.1, -0.05) is 24.1 Å². The molecule has 2 aliphatic heterocycles. The standard InChI is InChI=1S/C17H22N2O/c1-2-9-19-10-7-15(8-11-19)18-13-16-12-14-5-3-4-6-17(14)20-16/h1,3-6,15-16,18H,7-13H2. The summed E-state index contributed by atoms with van der Waals surface area (Å²) in [7, 11) is 0. The number of nitrogens with zero attached hydrogens (tertiary/aromatic N) is 1. The van der Waals surface area contributed by atoms with E-state index in [1.54, 1.807) is 0 Å². The largest absolute Gasteiger partial charge is 0.488 e. The molecule has 1 aromatic rings. The molecule has 0 bridgehead atoms. The fourth-order valence-electron chi connectivity index (χ4n) is 3.09. The summed E-state index contributed by atoms with van der Waals surface area (Å²) in [6, 6.07) is 8.95. The van der Waals surface area contributed by atoms with Crippen molar-refractivity contribution in [3.05, 3.63) is 29.8 Å². The van der Waals surface area contributed by atoms with Gasteiger partial charge >= 0.3 is 0 Å². The molecule has 0 aromatic heterocycles. The van der Waals surface area contributed by atoms with Gasteiger partial charge in [0.05, 0.1) is 6.54 Å². The molecule has 1 N–H and O–H groups in total. The van der Waals surface area contributed by atoms with Gasteiger partial charge in [0.1, 0.15) is 11.9 Å². The molecule has 0 amide bonds. The summed E-state index contributed by atoms with van der Waals surface area (Å²) < 4.78 is 5.96. The number of piperidine rings is 1. The number of terminal acetylenes is 1. The normalized spacial score (nSPS) is 23.1. The quantitative estimate of drug-likeness (QED) is 0.843. The zero-order valence-corrected chi connectivity index (χ0v) is 11.8. The molecule has 1 fully saturated rings. The van der Waals surface area contributed by atoms with Crippen molar-refractivity contribution in [2.24, 2.45) is 0 Å². The molecule has 106 valence electrons. The lowest BCUT2D eigenvalue weighted by atomic mass is 10.0. The average molecular weight is 270 g/mol. The van der Waals surface area contributed by atoms with E-state index < -0.39 is 0 Å². The van der Waals surface area contributed by atoms with Gasteiger partial charge in [-0.25, -0.2) is 0 Å². The average Bonchev–Trinajstić information content (AvgIpc) is 2.90. The Morgan fingerprint density at radius 2 is 2.10 bits per heavy atom. The number of fused-ring (bicyclic) bond motifs is 1. The van der Waals surface area contributed by atoms with Gasteiger partial charge in [-0.2, -0.15) is 0 Å². The minimum atomic E-state index is 0.288. The highest BCUT2D eigenvalue weighted by Gasteiger charge is 2.24. The zero-order chi connectivity index (χ0) is 13.8. The molecule has 3 heteroatoms. The summed E-state index contributed by atoms with van der Waals surface area (Å²) in [6.07, 6.45) is 9.03. The van der Waals surface area contributed by atoms with Crippen molar-refractivity contribution in [3.63, 3.8) is 0 Å². The van der Waals surface area contributed by atoms with Crippen LogP contribution in [0.3, 0.4) is 0 Å². The molecule has 0 saturated carbocycles. The van der Waals surface area contributed by atoms with Crippen LogP contribution in [-0.2, 0) is 6.42 Å². The zero-order valence-electron chi connectivity index (χ0n) is 11.8. The first-order valence-corrected chi connectivity index (χ1v) is 7.49. The maximum Gasteiger partial charge on any atom is 0.123 e. The smallest absolute Gasteiger partial charge is 0.123 e. The van der Waals surface area contributed by atoms with Gasteiger partial charge in [-0.05, 0) is 24.5 Å². The number of para-hydroxylation sites is 1. The van der Waals surface area contributed by atoms with E-state index in [4.69, 9.17) is 11.2 Å². The van der Waals surface area contributed by atoms with E-state index in [-0.39, 0.29) is 6.10 Å². The Balaban J connectivity index is 1.41. The van der Waals surface area contributed by atoms with Gasteiger partial charge in [0.15, 0.2) is 0 Å². The lowest BCUT2D eigenvalue weighted by molar-refractivity contribution is 0.188. The predicted molar refractivity (Wildman–Crippen MR) is 80.9 cm³/mol. The highest BCUT2D eigenvalue weighted by molar-refractivity contribution is 5.37. The number of nitrogens with one attached hydrogen (secondary N) is 1. The maximum absolute atomic E-state index is 5.96. The summed E-state index contributed by atoms with van der Waals surface area (Å²) in [5.74, 6) is 3.78. The number of ether oxygens (including phenoxy) is 1. The molecule has 0 aliphatic carbocycles. The van der Waals surface area contributed by atoms with E-state index in [2.05, 4.69) is 34.3 Å². The molecule has 0 spiro atoms. The molecule has 1 saturated heterocycles. The van der Waals surface area contributed by atoms with Crippen molar-refractivity contribution < 1.29 is 4.74 Å². The first kappa shape index (κ1) is 13.5. The van der Waals surface area contributed by atoms with Gasteiger partial charge in [0, 0.05) is 32.1 Å². The van der Waals surface area contributed by atoms with Crippen LogP contribution in [0.4, 0.5) is 0 Å². The van der Waals surface area contributed by atoms with Crippen LogP contribution >= 0.6 is 0 Å². The van der Waals surface area contributed by atoms with E-state index in [1.165, 1.54) is 18.4 Å². The predicted octanol–water partition coefficient (Wildman–Crippen LogP) is 1.68. The maximum atomic E-state index is 5.96. The highest BCUT2D eigenvalue weighted by atomic mass is 16.5. The fraction of sp³-hybridized carbons (Fsp3) is 0.529. The number of benzene rings is 1. The van der Waals surface area contributed by atoms with E-state index >= 15 is 0 Å². The third-order valence-electron chi connectivity index (χ3n) is 4.25. The molecule has 1 atom stereocenters. The van der Waals surface area contributed by atoms with Gasteiger partial charge in [0.25, 0.3) is 0 Å². The second kappa shape index (κ2) is 6.30. The van der Waals surface area contributed by atoms with Gasteiger partial charge in [0.2, 0.25) is 0 Å². The van der Waals surface area contributed by atoms with E-state index in [0.29, 0.717) is 6.04 Å². The number of hydrogen-bond donors (Lipinski definition) is 1. The van der Waals surface area contributed by atoms with Crippen LogP contribution in [0.2, 0.25) is 0 Å². The van der Waals surface area contributed by atoms with Crippen LogP contribution in [0.15, 0.2) is 24.3 Å². The van der Waals surface area contributed by atoms with Gasteiger partial charge < -0.3 is 10.1 Å². The molecular formula is C17H22N2O. The molecule has 1 unspecified atom stereocenters. The van der Waals surface area contributed by atoms with Crippen LogP contribution in [-0.4, -0.2) is 43.2 Å². The van der Waals surface area contributed by atoms with Crippen LogP contribution in [0, 0.1) is 12.3 Å². The SMILES string of the molecule is C#CCN1CCC(NCC2Cc3ccccc3O2)CC1. The second-order valence-electron chi connectivity index (χ2n) is 5.71. The molecule has 0 radical (unpaired) electrons. The first-order valence-electron chi connectivity index (χ1n) is 7.49. The third kappa shape index (κ3) is 3.15. The Kier molecular flexibility index (Phi) is 4.25. The molecular weight excluding hydrogens is 248 g/mol. The van der Waals surface area contributed by atoms with Crippen molar-refractivity contribution in [1.29, 1.82) is 0 Å². The van der Waals surface area contributed by atoms with Crippen LogP contribution in [0.5, 0.6) is 5.75 Å². The number of rotatable bonds is 4. The minimum Gasteiger partial charge on any atom is -0.488 e. The number of likely N-dealkylation sites (tertiary alicyclic amines) is 1. The Morgan fingerprint density at radius 3 is 2.85 bits per heavy atom. The second-order valence-corrected chi connectivity index (χ2v) is 5.71. The fourth-order valence-corrected chi connectivity index (χ4v) is 3.09. The first-order chi connectivity index (χ1) is 9.85. The molecule has 2 aliphatic rings. The highest BCUT2D eigenvalue weighted by Crippen LogP contribution is 2.27. The van der Waals surface area contributed by atoms with Crippen LogP contribution in [0.1, 0.15) is 18.4 Å². The Bertz CT molecular complexity index is 461. The van der Waals surface area contributed by atoms with Crippen LogP contribution in [0.25, 0.3) is 0 Å². The Hall–Kier alpha value is -1.50. The summed E-state index contributed by atoms with van der Waals surface area (Å²) in [6.45, 7) is 3.93. The summed E-state index contributed by atoms with van der Waals surface area (Å²) >= 11 is 0.